The zero-order valence-electron chi connectivity index (χ0n) is 12.1. The second-order valence-corrected chi connectivity index (χ2v) is 7.90. The minimum atomic E-state index is -2.90. The number of nitrogens with zero attached hydrogens (tertiary/aromatic N) is 2. The van der Waals surface area contributed by atoms with Crippen LogP contribution in [0.4, 0.5) is 0 Å². The molecule has 1 saturated carbocycles. The van der Waals surface area contributed by atoms with E-state index in [0.29, 0.717) is 12.5 Å². The topological polar surface area (TPSA) is 73.2 Å². The number of sulfone groups is 1. The lowest BCUT2D eigenvalue weighted by molar-refractivity contribution is 0.264. The lowest BCUT2D eigenvalue weighted by Gasteiger charge is -2.29. The Morgan fingerprint density at radius 1 is 1.47 bits per heavy atom. The summed E-state index contributed by atoms with van der Waals surface area (Å²) in [7, 11) is 0.899. The normalized spacial score (nSPS) is 27.6. The van der Waals surface area contributed by atoms with Crippen LogP contribution in [-0.4, -0.2) is 58.1 Å². The van der Waals surface area contributed by atoms with Gasteiger partial charge in [-0.15, -0.1) is 0 Å². The van der Waals surface area contributed by atoms with E-state index in [1.807, 2.05) is 19.0 Å². The van der Waals surface area contributed by atoms with Gasteiger partial charge in [0, 0.05) is 12.8 Å². The van der Waals surface area contributed by atoms with E-state index in [0.717, 1.165) is 32.2 Å². The van der Waals surface area contributed by atoms with Gasteiger partial charge in [-0.1, -0.05) is 6.42 Å². The van der Waals surface area contributed by atoms with Gasteiger partial charge in [0.05, 0.1) is 11.8 Å². The summed E-state index contributed by atoms with van der Waals surface area (Å²) >= 11 is 0. The fourth-order valence-electron chi connectivity index (χ4n) is 2.81. The number of hydrogen-bond acceptors (Lipinski definition) is 5. The summed E-state index contributed by atoms with van der Waals surface area (Å²) in [5.41, 5.74) is -0.377. The first-order valence-corrected chi connectivity index (χ1v) is 8.85. The zero-order valence-corrected chi connectivity index (χ0v) is 13.0. The summed E-state index contributed by atoms with van der Waals surface area (Å²) in [6, 6.07) is 2.43. The van der Waals surface area contributed by atoms with Crippen molar-refractivity contribution in [2.45, 2.75) is 31.2 Å². The molecule has 0 amide bonds. The largest absolute Gasteiger partial charge is 0.305 e. The highest BCUT2D eigenvalue weighted by atomic mass is 32.2. The Kier molecular flexibility index (Phi) is 5.78. The quantitative estimate of drug-likeness (QED) is 0.743. The number of nitrogens with one attached hydrogen (secondary N) is 1. The minimum absolute atomic E-state index is 0.198. The third-order valence-electron chi connectivity index (χ3n) is 4.17. The van der Waals surface area contributed by atoms with Crippen LogP contribution in [0, 0.1) is 17.2 Å². The molecular weight excluding hydrogens is 262 g/mol. The van der Waals surface area contributed by atoms with Gasteiger partial charge in [-0.05, 0) is 45.8 Å². The fourth-order valence-corrected chi connectivity index (χ4v) is 3.45. The highest BCUT2D eigenvalue weighted by Crippen LogP contribution is 2.37. The predicted molar refractivity (Wildman–Crippen MR) is 76.6 cm³/mol. The monoisotopic (exact) mass is 287 g/mol. The van der Waals surface area contributed by atoms with Gasteiger partial charge in [0.2, 0.25) is 0 Å². The molecule has 1 N–H and O–H groups in total. The molecule has 5 nitrogen and oxygen atoms in total. The molecule has 0 aromatic heterocycles. The standard InChI is InChI=1S/C13H25N3O2S/c1-15-13(11-14)7-4-5-12(13)6-8-16(2)9-10-19(3,17)18/h12,15H,4-10H2,1-3H3. The van der Waals surface area contributed by atoms with Crippen molar-refractivity contribution in [3.05, 3.63) is 0 Å². The molecule has 0 saturated heterocycles. The van der Waals surface area contributed by atoms with E-state index < -0.39 is 9.84 Å². The van der Waals surface area contributed by atoms with Gasteiger partial charge in [0.25, 0.3) is 0 Å². The Hall–Kier alpha value is -0.640. The zero-order chi connectivity index (χ0) is 14.5. The van der Waals surface area contributed by atoms with Crippen molar-refractivity contribution in [1.29, 1.82) is 5.26 Å². The molecule has 1 rings (SSSR count). The van der Waals surface area contributed by atoms with Crippen LogP contribution < -0.4 is 5.32 Å². The molecule has 6 heteroatoms. The Morgan fingerprint density at radius 3 is 2.68 bits per heavy atom. The molecule has 110 valence electrons. The molecule has 0 aliphatic heterocycles. The summed E-state index contributed by atoms with van der Waals surface area (Å²) in [6.45, 7) is 1.40. The molecule has 2 unspecified atom stereocenters. The first kappa shape index (κ1) is 16.4. The van der Waals surface area contributed by atoms with Crippen molar-refractivity contribution in [3.63, 3.8) is 0 Å². The Labute approximate surface area is 116 Å². The fraction of sp³-hybridized carbons (Fsp3) is 0.923. The first-order chi connectivity index (χ1) is 8.83. The van der Waals surface area contributed by atoms with Crippen LogP contribution in [0.2, 0.25) is 0 Å². The van der Waals surface area contributed by atoms with Crippen molar-refractivity contribution >= 4 is 9.84 Å². The summed E-state index contributed by atoms with van der Waals surface area (Å²) in [5, 5.41) is 12.5. The molecule has 0 heterocycles. The molecular formula is C13H25N3O2S. The highest BCUT2D eigenvalue weighted by molar-refractivity contribution is 7.90. The summed E-state index contributed by atoms with van der Waals surface area (Å²) in [5.74, 6) is 0.562. The van der Waals surface area contributed by atoms with Crippen LogP contribution in [0.3, 0.4) is 0 Å². The number of hydrogen-bond donors (Lipinski definition) is 1. The third-order valence-corrected chi connectivity index (χ3v) is 5.09. The summed E-state index contributed by atoms with van der Waals surface area (Å²) in [4.78, 5) is 2.04. The molecule has 0 aromatic rings. The molecule has 1 aliphatic carbocycles. The smallest absolute Gasteiger partial charge is 0.148 e. The maximum atomic E-state index is 11.1. The van der Waals surface area contributed by atoms with E-state index in [1.54, 1.807) is 0 Å². The third kappa shape index (κ3) is 4.75. The van der Waals surface area contributed by atoms with E-state index in [4.69, 9.17) is 0 Å². The molecule has 0 bridgehead atoms. The van der Waals surface area contributed by atoms with E-state index in [-0.39, 0.29) is 11.3 Å². The van der Waals surface area contributed by atoms with Gasteiger partial charge in [-0.25, -0.2) is 8.42 Å². The second kappa shape index (κ2) is 6.69. The predicted octanol–water partition coefficient (Wildman–Crippen LogP) is 0.635. The van der Waals surface area contributed by atoms with Gasteiger partial charge in [-0.2, -0.15) is 5.26 Å². The van der Waals surface area contributed by atoms with Crippen molar-refractivity contribution < 1.29 is 8.42 Å². The molecule has 0 radical (unpaired) electrons. The van der Waals surface area contributed by atoms with Crippen molar-refractivity contribution in [2.75, 3.05) is 39.2 Å². The van der Waals surface area contributed by atoms with Crippen molar-refractivity contribution in [3.8, 4) is 6.07 Å². The van der Waals surface area contributed by atoms with Crippen LogP contribution in [0.15, 0.2) is 0 Å². The SMILES string of the molecule is CNC1(C#N)CCCC1CCN(C)CCS(C)(=O)=O. The van der Waals surface area contributed by atoms with Crippen molar-refractivity contribution in [2.24, 2.45) is 5.92 Å². The Balaban J connectivity index is 2.42. The lowest BCUT2D eigenvalue weighted by Crippen LogP contribution is -2.45. The van der Waals surface area contributed by atoms with Crippen LogP contribution in [0.25, 0.3) is 0 Å². The second-order valence-electron chi connectivity index (χ2n) is 5.64. The molecule has 1 fully saturated rings. The van der Waals surface area contributed by atoms with Crippen LogP contribution in [0.5, 0.6) is 0 Å². The van der Waals surface area contributed by atoms with Crippen molar-refractivity contribution in [1.82, 2.24) is 10.2 Å². The first-order valence-electron chi connectivity index (χ1n) is 6.79. The van der Waals surface area contributed by atoms with E-state index in [2.05, 4.69) is 11.4 Å². The molecule has 2 atom stereocenters. The average Bonchev–Trinajstić information content (AvgIpc) is 2.76. The van der Waals surface area contributed by atoms with Gasteiger partial charge >= 0.3 is 0 Å². The summed E-state index contributed by atoms with van der Waals surface area (Å²) < 4.78 is 22.2. The molecule has 1 aliphatic rings. The van der Waals surface area contributed by atoms with Crippen LogP contribution >= 0.6 is 0 Å². The number of nitriles is 1. The van der Waals surface area contributed by atoms with Gasteiger partial charge in [-0.3, -0.25) is 0 Å². The van der Waals surface area contributed by atoms with Crippen LogP contribution in [-0.2, 0) is 9.84 Å². The van der Waals surface area contributed by atoms with Gasteiger partial charge < -0.3 is 10.2 Å². The van der Waals surface area contributed by atoms with Gasteiger partial charge in [0.15, 0.2) is 0 Å². The van der Waals surface area contributed by atoms with Gasteiger partial charge in [0.1, 0.15) is 15.4 Å². The minimum Gasteiger partial charge on any atom is -0.305 e. The molecule has 0 spiro atoms. The highest BCUT2D eigenvalue weighted by Gasteiger charge is 2.41. The molecule has 19 heavy (non-hydrogen) atoms. The summed E-state index contributed by atoms with van der Waals surface area (Å²) in [6.07, 6.45) is 5.28. The average molecular weight is 287 g/mol. The Bertz CT molecular complexity index is 430. The maximum Gasteiger partial charge on any atom is 0.148 e. The van der Waals surface area contributed by atoms with E-state index in [1.165, 1.54) is 6.26 Å². The van der Waals surface area contributed by atoms with E-state index >= 15 is 0 Å². The Morgan fingerprint density at radius 2 is 2.16 bits per heavy atom. The van der Waals surface area contributed by atoms with E-state index in [9.17, 15) is 13.7 Å². The molecule has 0 aromatic carbocycles. The maximum absolute atomic E-state index is 11.1. The number of rotatable bonds is 7. The van der Waals surface area contributed by atoms with Crippen LogP contribution in [0.1, 0.15) is 25.7 Å². The lowest BCUT2D eigenvalue weighted by atomic mass is 9.86.